The Kier molecular flexibility index (Phi) is 4.66. The molecule has 4 heterocycles. The largest absolute Gasteiger partial charge is 0.385 e. The van der Waals surface area contributed by atoms with Gasteiger partial charge in [0.25, 0.3) is 0 Å². The maximum atomic E-state index is 14.2. The number of fused-ring (bicyclic) bond motifs is 1. The zero-order valence-electron chi connectivity index (χ0n) is 16.6. The second-order valence-corrected chi connectivity index (χ2v) is 7.63. The zero-order chi connectivity index (χ0) is 20.7. The SMILES string of the molecule is Cn1ccnc1C(O)C1CCN(c2ccc3nnc(-c4ccccc4F)n3n2)CC1. The standard InChI is InChI=1S/C21H22FN7O/c1-27-13-10-23-21(27)19(30)14-8-11-28(12-9-14)18-7-6-17-24-25-20(29(17)26-18)15-4-2-3-5-16(15)22/h2-7,10,13-14,19,30H,8-9,11-12H2,1H3. The Labute approximate surface area is 172 Å². The number of halogens is 1. The smallest absolute Gasteiger partial charge is 0.188 e. The van der Waals surface area contributed by atoms with Crippen molar-refractivity contribution in [2.45, 2.75) is 18.9 Å². The van der Waals surface area contributed by atoms with E-state index in [1.54, 1.807) is 28.9 Å². The number of aliphatic hydroxyl groups excluding tert-OH is 1. The second-order valence-electron chi connectivity index (χ2n) is 7.63. The number of anilines is 1. The highest BCUT2D eigenvalue weighted by molar-refractivity contribution is 5.60. The van der Waals surface area contributed by atoms with Gasteiger partial charge >= 0.3 is 0 Å². The normalized spacial score (nSPS) is 16.3. The molecule has 30 heavy (non-hydrogen) atoms. The number of hydrogen-bond donors (Lipinski definition) is 1. The average molecular weight is 407 g/mol. The molecule has 0 bridgehead atoms. The molecule has 0 spiro atoms. The van der Waals surface area contributed by atoms with E-state index >= 15 is 0 Å². The van der Waals surface area contributed by atoms with Gasteiger partial charge in [-0.2, -0.15) is 4.52 Å². The van der Waals surface area contributed by atoms with Crippen LogP contribution < -0.4 is 4.90 Å². The summed E-state index contributed by atoms with van der Waals surface area (Å²) in [6.07, 6.45) is 4.64. The summed E-state index contributed by atoms with van der Waals surface area (Å²) in [4.78, 5) is 6.45. The summed E-state index contributed by atoms with van der Waals surface area (Å²) in [5.41, 5.74) is 0.934. The van der Waals surface area contributed by atoms with E-state index in [-0.39, 0.29) is 11.7 Å². The maximum absolute atomic E-state index is 14.2. The first-order valence-corrected chi connectivity index (χ1v) is 9.99. The Morgan fingerprint density at radius 1 is 1.10 bits per heavy atom. The van der Waals surface area contributed by atoms with Crippen LogP contribution in [0.3, 0.4) is 0 Å². The summed E-state index contributed by atoms with van der Waals surface area (Å²) in [5, 5.41) is 23.6. The molecule has 9 heteroatoms. The highest BCUT2D eigenvalue weighted by Crippen LogP contribution is 2.31. The number of aryl methyl sites for hydroxylation is 1. The van der Waals surface area contributed by atoms with Gasteiger partial charge in [-0.05, 0) is 43.0 Å². The van der Waals surface area contributed by atoms with Crippen LogP contribution in [0.15, 0.2) is 48.8 Å². The molecule has 1 saturated heterocycles. The lowest BCUT2D eigenvalue weighted by atomic mass is 9.90. The van der Waals surface area contributed by atoms with Gasteiger partial charge in [-0.25, -0.2) is 9.37 Å². The molecule has 0 aliphatic carbocycles. The fraction of sp³-hybridized carbons (Fsp3) is 0.333. The summed E-state index contributed by atoms with van der Waals surface area (Å²) in [5.74, 6) is 1.65. The molecule has 1 N–H and O–H groups in total. The molecule has 1 aliphatic rings. The molecule has 5 rings (SSSR count). The molecule has 1 unspecified atom stereocenters. The first-order valence-electron chi connectivity index (χ1n) is 9.99. The first kappa shape index (κ1) is 18.7. The Morgan fingerprint density at radius 3 is 2.63 bits per heavy atom. The molecule has 1 aromatic carbocycles. The topological polar surface area (TPSA) is 84.4 Å². The van der Waals surface area contributed by atoms with E-state index in [0.717, 1.165) is 31.7 Å². The van der Waals surface area contributed by atoms with Gasteiger partial charge in [0.2, 0.25) is 0 Å². The molecular formula is C21H22FN7O. The molecule has 3 aromatic heterocycles. The Morgan fingerprint density at radius 2 is 1.90 bits per heavy atom. The molecule has 1 fully saturated rings. The van der Waals surface area contributed by atoms with Crippen LogP contribution in [0.5, 0.6) is 0 Å². The van der Waals surface area contributed by atoms with E-state index in [1.165, 1.54) is 6.07 Å². The Bertz CT molecular complexity index is 1180. The van der Waals surface area contributed by atoms with Gasteiger partial charge in [0, 0.05) is 32.5 Å². The lowest BCUT2D eigenvalue weighted by molar-refractivity contribution is 0.0824. The molecule has 154 valence electrons. The third-order valence-corrected chi connectivity index (χ3v) is 5.80. The van der Waals surface area contributed by atoms with Crippen molar-refractivity contribution in [3.05, 3.63) is 60.4 Å². The minimum atomic E-state index is -0.576. The van der Waals surface area contributed by atoms with Crippen molar-refractivity contribution in [1.82, 2.24) is 29.4 Å². The quantitative estimate of drug-likeness (QED) is 0.560. The van der Waals surface area contributed by atoms with Gasteiger partial charge in [0.05, 0.1) is 5.56 Å². The van der Waals surface area contributed by atoms with Crippen molar-refractivity contribution in [2.24, 2.45) is 13.0 Å². The van der Waals surface area contributed by atoms with Gasteiger partial charge in [0.15, 0.2) is 11.5 Å². The average Bonchev–Trinajstić information content (AvgIpc) is 3.39. The van der Waals surface area contributed by atoms with Gasteiger partial charge in [0.1, 0.15) is 23.6 Å². The number of benzene rings is 1. The summed E-state index contributed by atoms with van der Waals surface area (Å²) >= 11 is 0. The highest BCUT2D eigenvalue weighted by Gasteiger charge is 2.29. The summed E-state index contributed by atoms with van der Waals surface area (Å²) in [7, 11) is 1.89. The predicted molar refractivity (Wildman–Crippen MR) is 109 cm³/mol. The number of imidazole rings is 1. The van der Waals surface area contributed by atoms with E-state index in [4.69, 9.17) is 0 Å². The van der Waals surface area contributed by atoms with Crippen molar-refractivity contribution >= 4 is 11.5 Å². The van der Waals surface area contributed by atoms with E-state index in [1.807, 2.05) is 29.9 Å². The maximum Gasteiger partial charge on any atom is 0.188 e. The summed E-state index contributed by atoms with van der Waals surface area (Å²) < 4.78 is 17.7. The van der Waals surface area contributed by atoms with E-state index in [0.29, 0.717) is 22.9 Å². The lowest BCUT2D eigenvalue weighted by Crippen LogP contribution is -2.36. The Balaban J connectivity index is 1.37. The van der Waals surface area contributed by atoms with E-state index in [9.17, 15) is 9.50 Å². The monoisotopic (exact) mass is 407 g/mol. The van der Waals surface area contributed by atoms with Crippen molar-refractivity contribution in [3.8, 4) is 11.4 Å². The molecule has 4 aromatic rings. The van der Waals surface area contributed by atoms with Crippen LogP contribution in [0, 0.1) is 11.7 Å². The van der Waals surface area contributed by atoms with Crippen molar-refractivity contribution in [1.29, 1.82) is 0 Å². The molecule has 0 saturated carbocycles. The molecular weight excluding hydrogens is 385 g/mol. The zero-order valence-corrected chi connectivity index (χ0v) is 16.6. The van der Waals surface area contributed by atoms with Crippen LogP contribution in [-0.2, 0) is 7.05 Å². The van der Waals surface area contributed by atoms with Crippen molar-refractivity contribution in [2.75, 3.05) is 18.0 Å². The minimum Gasteiger partial charge on any atom is -0.385 e. The molecule has 0 radical (unpaired) electrons. The van der Waals surface area contributed by atoms with Crippen LogP contribution in [0.1, 0.15) is 24.8 Å². The van der Waals surface area contributed by atoms with Gasteiger partial charge in [-0.15, -0.1) is 15.3 Å². The predicted octanol–water partition coefficient (Wildman–Crippen LogP) is 2.61. The number of rotatable bonds is 4. The van der Waals surface area contributed by atoms with Gasteiger partial charge in [-0.1, -0.05) is 12.1 Å². The molecule has 1 aliphatic heterocycles. The Hall–Kier alpha value is -3.33. The summed E-state index contributed by atoms with van der Waals surface area (Å²) in [6.45, 7) is 1.53. The van der Waals surface area contributed by atoms with E-state index < -0.39 is 6.10 Å². The van der Waals surface area contributed by atoms with Crippen molar-refractivity contribution in [3.63, 3.8) is 0 Å². The van der Waals surface area contributed by atoms with Crippen LogP contribution in [0.4, 0.5) is 10.2 Å². The first-order chi connectivity index (χ1) is 14.6. The fourth-order valence-electron chi connectivity index (χ4n) is 4.08. The number of aliphatic hydroxyl groups is 1. The van der Waals surface area contributed by atoms with Gasteiger partial charge < -0.3 is 14.6 Å². The minimum absolute atomic E-state index is 0.148. The molecule has 0 amide bonds. The second kappa shape index (κ2) is 7.49. The summed E-state index contributed by atoms with van der Waals surface area (Å²) in [6, 6.07) is 10.2. The van der Waals surface area contributed by atoms with Crippen LogP contribution in [0.25, 0.3) is 17.0 Å². The van der Waals surface area contributed by atoms with Crippen LogP contribution >= 0.6 is 0 Å². The lowest BCUT2D eigenvalue weighted by Gasteiger charge is -2.34. The van der Waals surface area contributed by atoms with Gasteiger partial charge in [-0.3, -0.25) is 0 Å². The van der Waals surface area contributed by atoms with Crippen LogP contribution in [-0.4, -0.2) is 47.6 Å². The molecule has 1 atom stereocenters. The third-order valence-electron chi connectivity index (χ3n) is 5.80. The van der Waals surface area contributed by atoms with E-state index in [2.05, 4.69) is 25.2 Å². The highest BCUT2D eigenvalue weighted by atomic mass is 19.1. The number of hydrogen-bond acceptors (Lipinski definition) is 6. The number of piperidine rings is 1. The molecule has 8 nitrogen and oxygen atoms in total. The van der Waals surface area contributed by atoms with Crippen LogP contribution in [0.2, 0.25) is 0 Å². The third kappa shape index (κ3) is 3.21. The number of nitrogens with zero attached hydrogens (tertiary/aromatic N) is 7. The fourth-order valence-corrected chi connectivity index (χ4v) is 4.08. The number of aromatic nitrogens is 6. The van der Waals surface area contributed by atoms with Crippen molar-refractivity contribution < 1.29 is 9.50 Å².